The zero-order valence-electron chi connectivity index (χ0n) is 11.2. The van der Waals surface area contributed by atoms with Crippen LogP contribution in [0.1, 0.15) is 18.5 Å². The molecule has 5 nitrogen and oxygen atoms in total. The number of likely N-dealkylation sites (tertiary alicyclic amines) is 1. The Morgan fingerprint density at radius 3 is 2.65 bits per heavy atom. The Bertz CT molecular complexity index is 655. The van der Waals surface area contributed by atoms with Gasteiger partial charge in [0.1, 0.15) is 0 Å². The quantitative estimate of drug-likeness (QED) is 0.886. The molecule has 3 unspecified atom stereocenters. The number of hydrogen-bond donors (Lipinski definition) is 1. The van der Waals surface area contributed by atoms with Gasteiger partial charge in [-0.15, -0.1) is 0 Å². The van der Waals surface area contributed by atoms with Crippen molar-refractivity contribution in [2.75, 3.05) is 18.8 Å². The summed E-state index contributed by atoms with van der Waals surface area (Å²) >= 11 is 0. The number of sulfone groups is 1. The van der Waals surface area contributed by atoms with E-state index in [4.69, 9.17) is 0 Å². The number of fused-ring (bicyclic) bond motifs is 1. The minimum Gasteiger partial charge on any atom is -0.481 e. The molecule has 0 aromatic heterocycles. The first kappa shape index (κ1) is 13.6. The fraction of sp³-hybridized carbons (Fsp3) is 0.500. The number of hydrogen-bond acceptors (Lipinski definition) is 4. The van der Waals surface area contributed by atoms with Gasteiger partial charge in [-0.05, 0) is 17.5 Å². The largest absolute Gasteiger partial charge is 0.481 e. The number of rotatable bonds is 2. The van der Waals surface area contributed by atoms with Gasteiger partial charge in [-0.1, -0.05) is 25.1 Å². The molecular weight excluding hydrogens is 278 g/mol. The summed E-state index contributed by atoms with van der Waals surface area (Å²) in [6.45, 7) is 2.96. The Morgan fingerprint density at radius 1 is 1.30 bits per heavy atom. The van der Waals surface area contributed by atoms with Gasteiger partial charge in [0.25, 0.3) is 0 Å². The van der Waals surface area contributed by atoms with E-state index < -0.39 is 21.7 Å². The second kappa shape index (κ2) is 4.56. The fourth-order valence-corrected chi connectivity index (χ4v) is 5.14. The Morgan fingerprint density at radius 2 is 2.00 bits per heavy atom. The third-order valence-corrected chi connectivity index (χ3v) is 6.19. The van der Waals surface area contributed by atoms with Crippen LogP contribution in [0.15, 0.2) is 29.2 Å². The van der Waals surface area contributed by atoms with E-state index in [1.807, 2.05) is 24.0 Å². The molecule has 20 heavy (non-hydrogen) atoms. The van der Waals surface area contributed by atoms with Gasteiger partial charge in [0.2, 0.25) is 0 Å². The lowest BCUT2D eigenvalue weighted by molar-refractivity contribution is -0.142. The van der Waals surface area contributed by atoms with Gasteiger partial charge in [-0.25, -0.2) is 8.42 Å². The van der Waals surface area contributed by atoms with Crippen LogP contribution < -0.4 is 0 Å². The second-order valence-corrected chi connectivity index (χ2v) is 7.71. The molecule has 3 rings (SSSR count). The molecule has 1 aromatic rings. The van der Waals surface area contributed by atoms with Crippen LogP contribution in [0, 0.1) is 11.8 Å². The van der Waals surface area contributed by atoms with Gasteiger partial charge in [-0.2, -0.15) is 0 Å². The monoisotopic (exact) mass is 295 g/mol. The number of nitrogens with zero attached hydrogens (tertiary/aromatic N) is 1. The van der Waals surface area contributed by atoms with Crippen LogP contribution in [0.2, 0.25) is 0 Å². The van der Waals surface area contributed by atoms with Crippen LogP contribution in [-0.2, 0) is 14.6 Å². The zero-order chi connectivity index (χ0) is 14.5. The maximum atomic E-state index is 12.2. The van der Waals surface area contributed by atoms with Gasteiger partial charge in [0.15, 0.2) is 9.84 Å². The molecule has 0 bridgehead atoms. The Balaban J connectivity index is 1.93. The van der Waals surface area contributed by atoms with E-state index in [1.54, 1.807) is 12.1 Å². The summed E-state index contributed by atoms with van der Waals surface area (Å²) < 4.78 is 24.3. The first-order chi connectivity index (χ1) is 9.40. The van der Waals surface area contributed by atoms with Crippen LogP contribution in [0.25, 0.3) is 0 Å². The van der Waals surface area contributed by atoms with Crippen molar-refractivity contribution in [1.82, 2.24) is 4.90 Å². The molecule has 0 aliphatic carbocycles. The molecule has 1 fully saturated rings. The zero-order valence-corrected chi connectivity index (χ0v) is 12.0. The Labute approximate surface area is 118 Å². The molecule has 0 saturated carbocycles. The summed E-state index contributed by atoms with van der Waals surface area (Å²) in [5.74, 6) is -1.10. The predicted octanol–water partition coefficient (Wildman–Crippen LogP) is 1.17. The van der Waals surface area contributed by atoms with Crippen molar-refractivity contribution < 1.29 is 18.3 Å². The summed E-state index contributed by atoms with van der Waals surface area (Å²) in [7, 11) is -3.24. The third kappa shape index (κ3) is 2.03. The third-order valence-electron chi connectivity index (χ3n) is 4.39. The molecule has 6 heteroatoms. The molecule has 2 heterocycles. The first-order valence-corrected chi connectivity index (χ1v) is 8.34. The molecule has 3 atom stereocenters. The van der Waals surface area contributed by atoms with Crippen LogP contribution in [0.5, 0.6) is 0 Å². The van der Waals surface area contributed by atoms with E-state index in [2.05, 4.69) is 0 Å². The standard InChI is InChI=1S/C14H17NO4S/c1-9-6-15(7-11(9)14(16)17)12-8-20(18,19)13-5-3-2-4-10(12)13/h2-5,9,11-12H,6-8H2,1H3,(H,16,17). The average Bonchev–Trinajstić information content (AvgIpc) is 2.89. The van der Waals surface area contributed by atoms with Crippen LogP contribution in [0.3, 0.4) is 0 Å². The van der Waals surface area contributed by atoms with Gasteiger partial charge < -0.3 is 5.11 Å². The molecule has 0 radical (unpaired) electrons. The van der Waals surface area contributed by atoms with Crippen LogP contribution in [0.4, 0.5) is 0 Å². The van der Waals surface area contributed by atoms with Crippen LogP contribution in [-0.4, -0.2) is 43.2 Å². The summed E-state index contributed by atoms with van der Waals surface area (Å²) in [6.07, 6.45) is 0. The second-order valence-electron chi connectivity index (χ2n) is 5.71. The van der Waals surface area contributed by atoms with Gasteiger partial charge in [-0.3, -0.25) is 9.69 Å². The van der Waals surface area contributed by atoms with E-state index >= 15 is 0 Å². The summed E-state index contributed by atoms with van der Waals surface area (Å²) in [5.41, 5.74) is 0.811. The first-order valence-electron chi connectivity index (χ1n) is 6.68. The van der Waals surface area contributed by atoms with Gasteiger partial charge >= 0.3 is 5.97 Å². The molecule has 1 aromatic carbocycles. The van der Waals surface area contributed by atoms with Crippen molar-refractivity contribution in [3.05, 3.63) is 29.8 Å². The predicted molar refractivity (Wildman–Crippen MR) is 73.1 cm³/mol. The lowest BCUT2D eigenvalue weighted by atomic mass is 9.99. The number of benzene rings is 1. The van der Waals surface area contributed by atoms with Crippen molar-refractivity contribution in [3.8, 4) is 0 Å². The maximum Gasteiger partial charge on any atom is 0.308 e. The highest BCUT2D eigenvalue weighted by Crippen LogP contribution is 2.40. The molecule has 108 valence electrons. The van der Waals surface area contributed by atoms with Crippen molar-refractivity contribution in [2.24, 2.45) is 11.8 Å². The molecule has 0 spiro atoms. The maximum absolute atomic E-state index is 12.2. The molecule has 1 N–H and O–H groups in total. The van der Waals surface area contributed by atoms with E-state index in [9.17, 15) is 18.3 Å². The average molecular weight is 295 g/mol. The highest BCUT2D eigenvalue weighted by molar-refractivity contribution is 7.91. The summed E-state index contributed by atoms with van der Waals surface area (Å²) in [6, 6.07) is 6.83. The fourth-order valence-electron chi connectivity index (χ4n) is 3.31. The van der Waals surface area contributed by atoms with E-state index in [0.717, 1.165) is 5.56 Å². The molecule has 2 aliphatic heterocycles. The molecular formula is C14H17NO4S. The Hall–Kier alpha value is -1.40. The van der Waals surface area contributed by atoms with Crippen molar-refractivity contribution in [1.29, 1.82) is 0 Å². The highest BCUT2D eigenvalue weighted by Gasteiger charge is 2.43. The van der Waals surface area contributed by atoms with E-state index in [-0.39, 0.29) is 17.7 Å². The minimum absolute atomic E-state index is 0.0444. The van der Waals surface area contributed by atoms with E-state index in [0.29, 0.717) is 18.0 Å². The number of carboxylic acid groups (broad SMARTS) is 1. The Kier molecular flexibility index (Phi) is 3.10. The normalized spacial score (nSPS) is 32.1. The SMILES string of the molecule is CC1CN(C2CS(=O)(=O)c3ccccc32)CC1C(=O)O. The van der Waals surface area contributed by atoms with Crippen molar-refractivity contribution >= 4 is 15.8 Å². The number of carbonyl (C=O) groups is 1. The van der Waals surface area contributed by atoms with Crippen LogP contribution >= 0.6 is 0 Å². The molecule has 2 aliphatic rings. The molecule has 0 amide bonds. The number of aliphatic carboxylic acids is 1. The van der Waals surface area contributed by atoms with E-state index in [1.165, 1.54) is 0 Å². The summed E-state index contributed by atoms with van der Waals surface area (Å²) in [5, 5.41) is 9.20. The molecule has 1 saturated heterocycles. The smallest absolute Gasteiger partial charge is 0.308 e. The summed E-state index contributed by atoms with van der Waals surface area (Å²) in [4.78, 5) is 13.6. The lowest BCUT2D eigenvalue weighted by Gasteiger charge is -2.23. The minimum atomic E-state index is -3.24. The lowest BCUT2D eigenvalue weighted by Crippen LogP contribution is -2.29. The van der Waals surface area contributed by atoms with Crippen molar-refractivity contribution in [2.45, 2.75) is 17.9 Å². The highest BCUT2D eigenvalue weighted by atomic mass is 32.2. The van der Waals surface area contributed by atoms with Gasteiger partial charge in [0.05, 0.1) is 22.6 Å². The van der Waals surface area contributed by atoms with Gasteiger partial charge in [0, 0.05) is 13.1 Å². The van der Waals surface area contributed by atoms with Crippen molar-refractivity contribution in [3.63, 3.8) is 0 Å². The topological polar surface area (TPSA) is 74.7 Å². The number of carboxylic acids is 1.